The SMILES string of the molecule is CCN1CCC(NC2C3CN(C(=O)OC(C)(C)C)CC32)CC1. The van der Waals surface area contributed by atoms with Gasteiger partial charge in [-0.15, -0.1) is 0 Å². The van der Waals surface area contributed by atoms with Crippen molar-refractivity contribution in [3.05, 3.63) is 0 Å². The van der Waals surface area contributed by atoms with Crippen molar-refractivity contribution in [1.29, 1.82) is 0 Å². The second-order valence-electron chi connectivity index (χ2n) is 8.11. The van der Waals surface area contributed by atoms with Crippen molar-refractivity contribution in [3.8, 4) is 0 Å². The summed E-state index contributed by atoms with van der Waals surface area (Å²) < 4.78 is 5.46. The molecule has 0 aromatic rings. The van der Waals surface area contributed by atoms with Gasteiger partial charge in [-0.05, 0) is 65.1 Å². The number of hydrogen-bond acceptors (Lipinski definition) is 4. The van der Waals surface area contributed by atoms with Gasteiger partial charge in [0.15, 0.2) is 0 Å². The van der Waals surface area contributed by atoms with Gasteiger partial charge in [0, 0.05) is 25.2 Å². The van der Waals surface area contributed by atoms with Crippen LogP contribution in [0.15, 0.2) is 0 Å². The molecule has 2 heterocycles. The van der Waals surface area contributed by atoms with Crippen LogP contribution in [-0.4, -0.2) is 66.3 Å². The Balaban J connectivity index is 1.39. The van der Waals surface area contributed by atoms with E-state index < -0.39 is 5.60 Å². The van der Waals surface area contributed by atoms with Crippen molar-refractivity contribution < 1.29 is 9.53 Å². The number of nitrogens with one attached hydrogen (secondary N) is 1. The standard InChI is InChI=1S/C17H31N3O2/c1-5-19-8-6-12(7-9-19)18-15-13-10-20(11-14(13)15)16(21)22-17(2,3)4/h12-15,18H,5-11H2,1-4H3. The monoisotopic (exact) mass is 309 g/mol. The normalized spacial score (nSPS) is 32.9. The van der Waals surface area contributed by atoms with Gasteiger partial charge in [0.25, 0.3) is 0 Å². The quantitative estimate of drug-likeness (QED) is 0.865. The molecular formula is C17H31N3O2. The summed E-state index contributed by atoms with van der Waals surface area (Å²) in [4.78, 5) is 16.5. The van der Waals surface area contributed by atoms with Crippen LogP contribution in [0.3, 0.4) is 0 Å². The van der Waals surface area contributed by atoms with E-state index in [1.54, 1.807) is 0 Å². The maximum Gasteiger partial charge on any atom is 0.410 e. The number of ether oxygens (including phenoxy) is 1. The van der Waals surface area contributed by atoms with Gasteiger partial charge in [-0.1, -0.05) is 6.92 Å². The Hall–Kier alpha value is -0.810. The molecule has 22 heavy (non-hydrogen) atoms. The van der Waals surface area contributed by atoms with Crippen molar-refractivity contribution in [3.63, 3.8) is 0 Å². The second-order valence-corrected chi connectivity index (χ2v) is 8.11. The number of nitrogens with zero attached hydrogens (tertiary/aromatic N) is 2. The molecule has 2 saturated heterocycles. The molecule has 3 fully saturated rings. The Bertz CT molecular complexity index is 401. The molecule has 1 saturated carbocycles. The average molecular weight is 309 g/mol. The van der Waals surface area contributed by atoms with Crippen LogP contribution in [0.25, 0.3) is 0 Å². The summed E-state index contributed by atoms with van der Waals surface area (Å²) in [5.41, 5.74) is -0.394. The Morgan fingerprint density at radius 1 is 1.18 bits per heavy atom. The van der Waals surface area contributed by atoms with Crippen LogP contribution in [0.1, 0.15) is 40.5 Å². The Morgan fingerprint density at radius 2 is 1.77 bits per heavy atom. The molecule has 3 rings (SSSR count). The average Bonchev–Trinajstić information content (AvgIpc) is 2.90. The molecule has 0 aromatic carbocycles. The molecule has 0 spiro atoms. The molecule has 126 valence electrons. The maximum absolute atomic E-state index is 12.1. The highest BCUT2D eigenvalue weighted by Crippen LogP contribution is 2.46. The lowest BCUT2D eigenvalue weighted by Crippen LogP contribution is -2.45. The van der Waals surface area contributed by atoms with Crippen LogP contribution in [0, 0.1) is 11.8 Å². The number of carbonyl (C=O) groups excluding carboxylic acids is 1. The van der Waals surface area contributed by atoms with Gasteiger partial charge in [-0.2, -0.15) is 0 Å². The number of amides is 1. The number of fused-ring (bicyclic) bond motifs is 1. The lowest BCUT2D eigenvalue weighted by Gasteiger charge is -2.32. The van der Waals surface area contributed by atoms with Gasteiger partial charge in [-0.25, -0.2) is 4.79 Å². The lowest BCUT2D eigenvalue weighted by atomic mass is 10.0. The highest BCUT2D eigenvalue weighted by molar-refractivity contribution is 5.69. The van der Waals surface area contributed by atoms with Gasteiger partial charge in [0.05, 0.1) is 0 Å². The van der Waals surface area contributed by atoms with Crippen molar-refractivity contribution >= 4 is 6.09 Å². The van der Waals surface area contributed by atoms with Crippen molar-refractivity contribution in [1.82, 2.24) is 15.1 Å². The van der Waals surface area contributed by atoms with E-state index in [1.165, 1.54) is 32.5 Å². The van der Waals surface area contributed by atoms with Crippen LogP contribution in [0.4, 0.5) is 4.79 Å². The predicted molar refractivity (Wildman–Crippen MR) is 86.8 cm³/mol. The molecule has 0 radical (unpaired) electrons. The van der Waals surface area contributed by atoms with Gasteiger partial charge < -0.3 is 19.9 Å². The first-order chi connectivity index (χ1) is 10.4. The number of likely N-dealkylation sites (tertiary alicyclic amines) is 2. The minimum atomic E-state index is -0.394. The van der Waals surface area contributed by atoms with Crippen LogP contribution < -0.4 is 5.32 Å². The Labute approximate surface area is 134 Å². The van der Waals surface area contributed by atoms with E-state index in [0.29, 0.717) is 23.9 Å². The lowest BCUT2D eigenvalue weighted by molar-refractivity contribution is 0.0268. The summed E-state index contributed by atoms with van der Waals surface area (Å²) in [6, 6.07) is 1.31. The minimum absolute atomic E-state index is 0.144. The zero-order chi connectivity index (χ0) is 15.9. The summed E-state index contributed by atoms with van der Waals surface area (Å²) in [6.45, 7) is 13.4. The van der Waals surface area contributed by atoms with Gasteiger partial charge in [0.2, 0.25) is 0 Å². The van der Waals surface area contributed by atoms with Crippen LogP contribution in [-0.2, 0) is 4.74 Å². The fourth-order valence-electron chi connectivity index (χ4n) is 3.94. The molecule has 3 aliphatic rings. The van der Waals surface area contributed by atoms with Gasteiger partial charge >= 0.3 is 6.09 Å². The topological polar surface area (TPSA) is 44.8 Å². The van der Waals surface area contributed by atoms with Crippen molar-refractivity contribution in [2.75, 3.05) is 32.7 Å². The van der Waals surface area contributed by atoms with E-state index in [0.717, 1.165) is 13.1 Å². The zero-order valence-corrected chi connectivity index (χ0v) is 14.5. The molecule has 2 unspecified atom stereocenters. The summed E-state index contributed by atoms with van der Waals surface area (Å²) in [6.07, 6.45) is 2.38. The van der Waals surface area contributed by atoms with E-state index in [1.807, 2.05) is 25.7 Å². The second kappa shape index (κ2) is 6.00. The summed E-state index contributed by atoms with van der Waals surface area (Å²) >= 11 is 0. The zero-order valence-electron chi connectivity index (χ0n) is 14.5. The molecule has 0 aromatic heterocycles. The first-order valence-electron chi connectivity index (χ1n) is 8.83. The smallest absolute Gasteiger partial charge is 0.410 e. The third-order valence-corrected chi connectivity index (χ3v) is 5.31. The first-order valence-corrected chi connectivity index (χ1v) is 8.83. The summed E-state index contributed by atoms with van der Waals surface area (Å²) in [5, 5.41) is 3.84. The molecule has 5 heteroatoms. The van der Waals surface area contributed by atoms with E-state index in [4.69, 9.17) is 4.74 Å². The number of hydrogen-bond donors (Lipinski definition) is 1. The fourth-order valence-corrected chi connectivity index (χ4v) is 3.94. The van der Waals surface area contributed by atoms with Gasteiger partial charge in [0.1, 0.15) is 5.60 Å². The third-order valence-electron chi connectivity index (χ3n) is 5.31. The maximum atomic E-state index is 12.1. The van der Waals surface area contributed by atoms with E-state index in [2.05, 4.69) is 17.1 Å². The molecule has 5 nitrogen and oxygen atoms in total. The Kier molecular flexibility index (Phi) is 4.38. The minimum Gasteiger partial charge on any atom is -0.444 e. The molecule has 2 atom stereocenters. The summed E-state index contributed by atoms with van der Waals surface area (Å²) in [5.74, 6) is 1.30. The molecular weight excluding hydrogens is 278 g/mol. The van der Waals surface area contributed by atoms with E-state index in [9.17, 15) is 4.79 Å². The number of piperidine rings is 2. The number of rotatable bonds is 3. The van der Waals surface area contributed by atoms with Crippen molar-refractivity contribution in [2.24, 2.45) is 11.8 Å². The van der Waals surface area contributed by atoms with Crippen LogP contribution >= 0.6 is 0 Å². The number of carbonyl (C=O) groups is 1. The molecule has 1 N–H and O–H groups in total. The van der Waals surface area contributed by atoms with Crippen LogP contribution in [0.5, 0.6) is 0 Å². The first kappa shape index (κ1) is 16.1. The summed E-state index contributed by atoms with van der Waals surface area (Å²) in [7, 11) is 0. The highest BCUT2D eigenvalue weighted by atomic mass is 16.6. The third kappa shape index (κ3) is 3.57. The highest BCUT2D eigenvalue weighted by Gasteiger charge is 2.57. The van der Waals surface area contributed by atoms with E-state index in [-0.39, 0.29) is 6.09 Å². The molecule has 1 amide bonds. The largest absolute Gasteiger partial charge is 0.444 e. The predicted octanol–water partition coefficient (Wildman–Crippen LogP) is 1.93. The Morgan fingerprint density at radius 3 is 2.27 bits per heavy atom. The van der Waals surface area contributed by atoms with Gasteiger partial charge in [-0.3, -0.25) is 0 Å². The van der Waals surface area contributed by atoms with E-state index >= 15 is 0 Å². The fraction of sp³-hybridized carbons (Fsp3) is 0.941. The van der Waals surface area contributed by atoms with Crippen LogP contribution in [0.2, 0.25) is 0 Å². The molecule has 1 aliphatic carbocycles. The molecule has 2 aliphatic heterocycles. The van der Waals surface area contributed by atoms with Crippen molar-refractivity contribution in [2.45, 2.75) is 58.2 Å². The molecule has 0 bridgehead atoms.